The van der Waals surface area contributed by atoms with E-state index in [-0.39, 0.29) is 0 Å². The molecule has 14 heavy (non-hydrogen) atoms. The van der Waals surface area contributed by atoms with Crippen LogP contribution in [0.3, 0.4) is 0 Å². The Morgan fingerprint density at radius 1 is 1.14 bits per heavy atom. The number of aliphatic hydroxyl groups is 4. The molecule has 7 nitrogen and oxygen atoms in total. The molecule has 0 aliphatic rings. The van der Waals surface area contributed by atoms with E-state index in [0.717, 1.165) is 0 Å². The first-order chi connectivity index (χ1) is 6.40. The Hall–Kier alpha value is -1.02. The minimum Gasteiger partial charge on any atom is -0.481 e. The van der Waals surface area contributed by atoms with Crippen LogP contribution in [0.25, 0.3) is 0 Å². The van der Waals surface area contributed by atoms with Crippen molar-refractivity contribution in [2.24, 2.45) is 0 Å². The predicted octanol–water partition coefficient (Wildman–Crippen LogP) is -2.89. The summed E-state index contributed by atoms with van der Waals surface area (Å²) in [5.74, 6) is -2.57. The van der Waals surface area contributed by atoms with Crippen molar-refractivity contribution < 1.29 is 35.1 Å². The van der Waals surface area contributed by atoms with Gasteiger partial charge in [-0.2, -0.15) is 0 Å². The second kappa shape index (κ2) is 5.66. The maximum atomic E-state index is 10.8. The lowest BCUT2D eigenvalue weighted by Crippen LogP contribution is -2.44. The van der Waals surface area contributed by atoms with Gasteiger partial charge in [0, 0.05) is 0 Å². The van der Waals surface area contributed by atoms with Crippen LogP contribution in [0.5, 0.6) is 0 Å². The molecule has 0 aliphatic carbocycles. The molecular formula is C7H12O7. The molecule has 0 saturated carbocycles. The van der Waals surface area contributed by atoms with Crippen molar-refractivity contribution in [3.8, 4) is 0 Å². The number of aliphatic hydroxyl groups excluding tert-OH is 4. The average Bonchev–Trinajstić information content (AvgIpc) is 2.13. The van der Waals surface area contributed by atoms with Crippen molar-refractivity contribution in [3.05, 3.63) is 0 Å². The summed E-state index contributed by atoms with van der Waals surface area (Å²) in [6.07, 6.45) is -6.51. The van der Waals surface area contributed by atoms with E-state index < -0.39 is 43.1 Å². The number of ketones is 1. The van der Waals surface area contributed by atoms with E-state index in [9.17, 15) is 9.59 Å². The number of carboxylic acids is 1. The van der Waals surface area contributed by atoms with Crippen molar-refractivity contribution in [2.75, 3.05) is 6.61 Å². The summed E-state index contributed by atoms with van der Waals surface area (Å²) in [5.41, 5.74) is 0. The maximum Gasteiger partial charge on any atom is 0.310 e. The van der Waals surface area contributed by atoms with Crippen molar-refractivity contribution >= 4 is 11.8 Å². The van der Waals surface area contributed by atoms with Gasteiger partial charge in [0.2, 0.25) is 0 Å². The zero-order chi connectivity index (χ0) is 11.3. The van der Waals surface area contributed by atoms with Gasteiger partial charge in [-0.05, 0) is 0 Å². The van der Waals surface area contributed by atoms with E-state index in [1.807, 2.05) is 0 Å². The van der Waals surface area contributed by atoms with E-state index in [2.05, 4.69) is 0 Å². The molecule has 0 aliphatic heterocycles. The van der Waals surface area contributed by atoms with Crippen molar-refractivity contribution in [3.63, 3.8) is 0 Å². The van der Waals surface area contributed by atoms with Crippen LogP contribution in [0.15, 0.2) is 0 Å². The fourth-order valence-electron chi connectivity index (χ4n) is 0.762. The minimum absolute atomic E-state index is 0.835. The van der Waals surface area contributed by atoms with Gasteiger partial charge < -0.3 is 25.5 Å². The second-order valence-electron chi connectivity index (χ2n) is 2.72. The molecule has 0 spiro atoms. The van der Waals surface area contributed by atoms with Crippen LogP contribution in [-0.2, 0) is 9.59 Å². The van der Waals surface area contributed by atoms with Crippen LogP contribution in [-0.4, -0.2) is 62.2 Å². The molecule has 0 unspecified atom stereocenters. The molecule has 0 heterocycles. The van der Waals surface area contributed by atoms with E-state index in [0.29, 0.717) is 0 Å². The second-order valence-corrected chi connectivity index (χ2v) is 2.72. The lowest BCUT2D eigenvalue weighted by molar-refractivity contribution is -0.148. The Balaban J connectivity index is 4.23. The third-order valence-corrected chi connectivity index (χ3v) is 1.56. The fourth-order valence-corrected chi connectivity index (χ4v) is 0.762. The van der Waals surface area contributed by atoms with Gasteiger partial charge in [-0.3, -0.25) is 9.59 Å². The number of carboxylic acid groups (broad SMARTS) is 1. The average molecular weight is 208 g/mol. The highest BCUT2D eigenvalue weighted by Gasteiger charge is 2.30. The Kier molecular flexibility index (Phi) is 5.24. The number of rotatable bonds is 6. The lowest BCUT2D eigenvalue weighted by atomic mass is 10.0. The quantitative estimate of drug-likeness (QED) is 0.295. The zero-order valence-corrected chi connectivity index (χ0v) is 7.20. The molecule has 82 valence electrons. The topological polar surface area (TPSA) is 135 Å². The molecule has 0 bridgehead atoms. The van der Waals surface area contributed by atoms with Crippen LogP contribution >= 0.6 is 0 Å². The molecule has 0 aromatic rings. The highest BCUT2D eigenvalue weighted by Crippen LogP contribution is 2.03. The number of Topliss-reactive ketones (excluding diaryl/α,β-unsaturated/α-hetero) is 1. The highest BCUT2D eigenvalue weighted by atomic mass is 16.4. The summed E-state index contributed by atoms with van der Waals surface area (Å²) in [5, 5.41) is 43.4. The van der Waals surface area contributed by atoms with Gasteiger partial charge in [-0.1, -0.05) is 0 Å². The third-order valence-electron chi connectivity index (χ3n) is 1.56. The summed E-state index contributed by atoms with van der Waals surface area (Å²) in [6, 6.07) is 0. The molecule has 3 atom stereocenters. The predicted molar refractivity (Wildman–Crippen MR) is 42.4 cm³/mol. The van der Waals surface area contributed by atoms with Crippen LogP contribution in [0.2, 0.25) is 0 Å². The molecule has 0 aromatic carbocycles. The molecule has 5 N–H and O–H groups in total. The fraction of sp³-hybridized carbons (Fsp3) is 0.714. The molecule has 0 fully saturated rings. The Bertz CT molecular complexity index is 214. The third kappa shape index (κ3) is 3.79. The van der Waals surface area contributed by atoms with E-state index >= 15 is 0 Å². The van der Waals surface area contributed by atoms with Gasteiger partial charge in [-0.25, -0.2) is 0 Å². The standard InChI is InChI=1S/C7H12O7/c8-2-4(10)7(14)6(13)3(9)1-5(11)12/h4,6-8,10,13-14H,1-2H2,(H,11,12)/t4-,6+,7-/m1/s1. The number of carbonyl (C=O) groups excluding carboxylic acids is 1. The minimum atomic E-state index is -2.01. The first kappa shape index (κ1) is 13.0. The van der Waals surface area contributed by atoms with Crippen molar-refractivity contribution in [1.82, 2.24) is 0 Å². The Labute approximate surface area is 79.2 Å². The monoisotopic (exact) mass is 208 g/mol. The van der Waals surface area contributed by atoms with Gasteiger partial charge in [0.25, 0.3) is 0 Å². The van der Waals surface area contributed by atoms with Gasteiger partial charge in [-0.15, -0.1) is 0 Å². The van der Waals surface area contributed by atoms with E-state index in [1.54, 1.807) is 0 Å². The summed E-state index contributed by atoms with van der Waals surface area (Å²) >= 11 is 0. The Morgan fingerprint density at radius 2 is 1.64 bits per heavy atom. The molecular weight excluding hydrogens is 196 g/mol. The Morgan fingerprint density at radius 3 is 2.00 bits per heavy atom. The number of aliphatic carboxylic acids is 1. The summed E-state index contributed by atoms with van der Waals surface area (Å²) in [6.45, 7) is -0.835. The van der Waals surface area contributed by atoms with E-state index in [4.69, 9.17) is 25.5 Å². The first-order valence-electron chi connectivity index (χ1n) is 3.79. The van der Waals surface area contributed by atoms with Crippen molar-refractivity contribution in [2.45, 2.75) is 24.7 Å². The summed E-state index contributed by atoms with van der Waals surface area (Å²) < 4.78 is 0. The number of carbonyl (C=O) groups is 2. The largest absolute Gasteiger partial charge is 0.481 e. The SMILES string of the molecule is O=C(O)CC(=O)[C@H](O)[C@H](O)[C@H](O)CO. The van der Waals surface area contributed by atoms with E-state index in [1.165, 1.54) is 0 Å². The summed E-state index contributed by atoms with van der Waals surface area (Å²) in [4.78, 5) is 20.9. The van der Waals surface area contributed by atoms with Crippen LogP contribution in [0.1, 0.15) is 6.42 Å². The summed E-state index contributed by atoms with van der Waals surface area (Å²) in [7, 11) is 0. The van der Waals surface area contributed by atoms with Gasteiger partial charge in [0.05, 0.1) is 6.61 Å². The molecule has 0 rings (SSSR count). The van der Waals surface area contributed by atoms with Crippen LogP contribution in [0, 0.1) is 0 Å². The number of hydrogen-bond donors (Lipinski definition) is 5. The maximum absolute atomic E-state index is 10.8. The van der Waals surface area contributed by atoms with Crippen LogP contribution in [0.4, 0.5) is 0 Å². The lowest BCUT2D eigenvalue weighted by Gasteiger charge is -2.19. The zero-order valence-electron chi connectivity index (χ0n) is 7.20. The molecule has 0 aromatic heterocycles. The van der Waals surface area contributed by atoms with Gasteiger partial charge >= 0.3 is 5.97 Å². The van der Waals surface area contributed by atoms with Crippen molar-refractivity contribution in [1.29, 1.82) is 0 Å². The molecule has 0 saturated heterocycles. The highest BCUT2D eigenvalue weighted by molar-refractivity contribution is 5.97. The molecule has 7 heteroatoms. The smallest absolute Gasteiger partial charge is 0.310 e. The first-order valence-corrected chi connectivity index (χ1v) is 3.79. The van der Waals surface area contributed by atoms with Gasteiger partial charge in [0.15, 0.2) is 5.78 Å². The molecule has 0 amide bonds. The van der Waals surface area contributed by atoms with Crippen LogP contribution < -0.4 is 0 Å². The normalized spacial score (nSPS) is 17.1. The molecule has 0 radical (unpaired) electrons. The van der Waals surface area contributed by atoms with Gasteiger partial charge in [0.1, 0.15) is 24.7 Å². The number of hydrogen-bond acceptors (Lipinski definition) is 6.